The maximum absolute atomic E-state index is 9.61. The first-order valence-electron chi connectivity index (χ1n) is 13.0. The Bertz CT molecular complexity index is 1260. The molecule has 0 spiro atoms. The van der Waals surface area contributed by atoms with Crippen LogP contribution in [0.15, 0.2) is 48.5 Å². The van der Waals surface area contributed by atoms with Crippen LogP contribution in [0, 0.1) is 6.92 Å². The van der Waals surface area contributed by atoms with Crippen molar-refractivity contribution in [3.8, 4) is 34.1 Å². The summed E-state index contributed by atoms with van der Waals surface area (Å²) >= 11 is 6.61. The van der Waals surface area contributed by atoms with Gasteiger partial charge in [-0.3, -0.25) is 0 Å². The van der Waals surface area contributed by atoms with Crippen molar-refractivity contribution in [3.63, 3.8) is 0 Å². The number of nitrogens with one attached hydrogen (secondary N) is 1. The molecule has 39 heavy (non-hydrogen) atoms. The molecule has 0 saturated heterocycles. The number of ether oxygens (including phenoxy) is 4. The van der Waals surface area contributed by atoms with Gasteiger partial charge in [-0.25, -0.2) is 0 Å². The summed E-state index contributed by atoms with van der Waals surface area (Å²) in [7, 11) is 0. The Hall–Kier alpha value is -3.01. The molecule has 9 heteroatoms. The molecule has 1 heterocycles. The summed E-state index contributed by atoms with van der Waals surface area (Å²) < 4.78 is 23.5. The predicted octanol–water partition coefficient (Wildman–Crippen LogP) is 4.26. The first-order chi connectivity index (χ1) is 18.9. The van der Waals surface area contributed by atoms with E-state index in [1.165, 1.54) is 0 Å². The molecule has 0 unspecified atom stereocenters. The average Bonchev–Trinajstić information content (AvgIpc) is 2.96. The Kier molecular flexibility index (Phi) is 9.94. The topological polar surface area (TPSA) is 110 Å². The summed E-state index contributed by atoms with van der Waals surface area (Å²) in [5.41, 5.74) is 4.08. The smallest absolute Gasteiger partial charge is 0.161 e. The fourth-order valence-corrected chi connectivity index (χ4v) is 4.44. The van der Waals surface area contributed by atoms with Crippen molar-refractivity contribution >= 4 is 11.6 Å². The van der Waals surface area contributed by atoms with Crippen LogP contribution in [0.5, 0.6) is 23.0 Å². The number of fused-ring (bicyclic) bond motifs is 1. The summed E-state index contributed by atoms with van der Waals surface area (Å²) in [5, 5.41) is 32.0. The Morgan fingerprint density at radius 3 is 2.44 bits per heavy atom. The van der Waals surface area contributed by atoms with Gasteiger partial charge in [0, 0.05) is 31.2 Å². The van der Waals surface area contributed by atoms with E-state index in [1.54, 1.807) is 19.1 Å². The number of rotatable bonds is 13. The van der Waals surface area contributed by atoms with Crippen molar-refractivity contribution in [3.05, 3.63) is 70.2 Å². The zero-order valence-corrected chi connectivity index (χ0v) is 23.1. The summed E-state index contributed by atoms with van der Waals surface area (Å²) in [5.74, 6) is 2.52. The molecule has 0 radical (unpaired) electrons. The highest BCUT2D eigenvalue weighted by molar-refractivity contribution is 6.32. The first kappa shape index (κ1) is 29.0. The highest BCUT2D eigenvalue weighted by Crippen LogP contribution is 2.37. The van der Waals surface area contributed by atoms with Gasteiger partial charge in [0.1, 0.15) is 31.3 Å². The van der Waals surface area contributed by atoms with E-state index >= 15 is 0 Å². The van der Waals surface area contributed by atoms with Gasteiger partial charge in [0.2, 0.25) is 0 Å². The molecule has 4 N–H and O–H groups in total. The number of aliphatic hydroxyl groups excluding tert-OH is 3. The molecule has 0 aromatic heterocycles. The number of hydrogen-bond donors (Lipinski definition) is 4. The van der Waals surface area contributed by atoms with E-state index in [9.17, 15) is 15.3 Å². The number of benzene rings is 3. The standard InChI is InChI=1S/C30H36ClNO7/c1-20-22(5-3-6-24(20)21-7-8-26-29(14-21)38-12-11-37-26)17-39-28-15-27(36-10-4-9-33)23(13-25(28)31)16-32-30(2,18-34)19-35/h3,5-8,13-15,32-35H,4,9-12,16-19H2,1-2H3. The highest BCUT2D eigenvalue weighted by Gasteiger charge is 2.23. The van der Waals surface area contributed by atoms with Crippen LogP contribution in [0.3, 0.4) is 0 Å². The molecule has 0 saturated carbocycles. The second kappa shape index (κ2) is 13.4. The lowest BCUT2D eigenvalue weighted by Gasteiger charge is -2.27. The Labute approximate surface area is 234 Å². The lowest BCUT2D eigenvalue weighted by molar-refractivity contribution is 0.103. The van der Waals surface area contributed by atoms with Crippen LogP contribution in [0.25, 0.3) is 11.1 Å². The minimum absolute atomic E-state index is 0.0105. The molecule has 1 aliphatic rings. The quantitative estimate of drug-likeness (QED) is 0.231. The van der Waals surface area contributed by atoms with Crippen molar-refractivity contribution < 1.29 is 34.3 Å². The van der Waals surface area contributed by atoms with Gasteiger partial charge in [0.25, 0.3) is 0 Å². The van der Waals surface area contributed by atoms with Gasteiger partial charge >= 0.3 is 0 Å². The van der Waals surface area contributed by atoms with E-state index in [-0.39, 0.29) is 19.8 Å². The van der Waals surface area contributed by atoms with Gasteiger partial charge in [-0.05, 0) is 54.3 Å². The van der Waals surface area contributed by atoms with Crippen LogP contribution >= 0.6 is 11.6 Å². The van der Waals surface area contributed by atoms with Crippen LogP contribution in [0.2, 0.25) is 5.02 Å². The molecular formula is C30H36ClNO7. The lowest BCUT2D eigenvalue weighted by atomic mass is 9.96. The Balaban J connectivity index is 1.53. The molecular weight excluding hydrogens is 522 g/mol. The fraction of sp³-hybridized carbons (Fsp3) is 0.400. The molecule has 3 aromatic rings. The molecule has 0 fully saturated rings. The van der Waals surface area contributed by atoms with Crippen LogP contribution < -0.4 is 24.3 Å². The van der Waals surface area contributed by atoms with Crippen molar-refractivity contribution in [1.82, 2.24) is 5.32 Å². The number of hydrogen-bond acceptors (Lipinski definition) is 8. The normalized spacial score (nSPS) is 12.9. The third-order valence-electron chi connectivity index (χ3n) is 6.76. The Morgan fingerprint density at radius 2 is 1.69 bits per heavy atom. The summed E-state index contributed by atoms with van der Waals surface area (Å²) in [6.07, 6.45) is 0.475. The van der Waals surface area contributed by atoms with Crippen molar-refractivity contribution in [2.45, 2.75) is 39.0 Å². The average molecular weight is 558 g/mol. The second-order valence-corrected chi connectivity index (χ2v) is 10.2. The summed E-state index contributed by atoms with van der Waals surface area (Å²) in [4.78, 5) is 0. The Morgan fingerprint density at radius 1 is 0.923 bits per heavy atom. The minimum atomic E-state index is -0.857. The third-order valence-corrected chi connectivity index (χ3v) is 7.06. The second-order valence-electron chi connectivity index (χ2n) is 9.78. The molecule has 4 rings (SSSR count). The SMILES string of the molecule is Cc1c(COc2cc(OCCCO)c(CNC(C)(CO)CO)cc2Cl)cccc1-c1ccc2c(c1)OCCO2. The first-order valence-corrected chi connectivity index (χ1v) is 13.4. The molecule has 210 valence electrons. The predicted molar refractivity (Wildman–Crippen MR) is 150 cm³/mol. The minimum Gasteiger partial charge on any atom is -0.493 e. The van der Waals surface area contributed by atoms with E-state index in [0.717, 1.165) is 39.3 Å². The van der Waals surface area contributed by atoms with Crippen LogP contribution in [0.1, 0.15) is 30.0 Å². The van der Waals surface area contributed by atoms with E-state index in [0.29, 0.717) is 55.9 Å². The lowest BCUT2D eigenvalue weighted by Crippen LogP contribution is -2.48. The third kappa shape index (κ3) is 7.15. The maximum atomic E-state index is 9.61. The van der Waals surface area contributed by atoms with Gasteiger partial charge in [-0.1, -0.05) is 35.9 Å². The molecule has 3 aromatic carbocycles. The molecule has 0 bridgehead atoms. The summed E-state index contributed by atoms with van der Waals surface area (Å²) in [6.45, 7) is 5.34. The number of aliphatic hydroxyl groups is 3. The highest BCUT2D eigenvalue weighted by atomic mass is 35.5. The van der Waals surface area contributed by atoms with Gasteiger partial charge < -0.3 is 39.6 Å². The van der Waals surface area contributed by atoms with E-state index in [2.05, 4.69) is 18.3 Å². The maximum Gasteiger partial charge on any atom is 0.161 e. The van der Waals surface area contributed by atoms with E-state index in [1.807, 2.05) is 30.3 Å². The number of halogens is 1. The fourth-order valence-electron chi connectivity index (χ4n) is 4.20. The van der Waals surface area contributed by atoms with Crippen LogP contribution in [-0.4, -0.2) is 60.5 Å². The van der Waals surface area contributed by atoms with Crippen LogP contribution in [0.4, 0.5) is 0 Å². The monoisotopic (exact) mass is 557 g/mol. The van der Waals surface area contributed by atoms with Gasteiger partial charge in [0.05, 0.1) is 30.4 Å². The van der Waals surface area contributed by atoms with Gasteiger partial charge in [-0.2, -0.15) is 0 Å². The molecule has 1 aliphatic heterocycles. The molecule has 0 amide bonds. The molecule has 8 nitrogen and oxygen atoms in total. The van der Waals surface area contributed by atoms with Crippen LogP contribution in [-0.2, 0) is 13.2 Å². The van der Waals surface area contributed by atoms with Crippen molar-refractivity contribution in [1.29, 1.82) is 0 Å². The summed E-state index contributed by atoms with van der Waals surface area (Å²) in [6, 6.07) is 15.5. The van der Waals surface area contributed by atoms with Gasteiger partial charge in [-0.15, -0.1) is 0 Å². The zero-order valence-electron chi connectivity index (χ0n) is 22.3. The van der Waals surface area contributed by atoms with Gasteiger partial charge in [0.15, 0.2) is 11.5 Å². The van der Waals surface area contributed by atoms with E-state index < -0.39 is 5.54 Å². The largest absolute Gasteiger partial charge is 0.493 e. The van der Waals surface area contributed by atoms with Crippen molar-refractivity contribution in [2.24, 2.45) is 0 Å². The van der Waals surface area contributed by atoms with E-state index in [4.69, 9.17) is 30.5 Å². The zero-order chi connectivity index (χ0) is 27.8. The molecule has 0 aliphatic carbocycles. The van der Waals surface area contributed by atoms with Crippen molar-refractivity contribution in [2.75, 3.05) is 39.6 Å². The molecule has 0 atom stereocenters.